The minimum Gasteiger partial charge on any atom is -0.496 e. The van der Waals surface area contributed by atoms with Crippen molar-refractivity contribution in [1.29, 1.82) is 0 Å². The van der Waals surface area contributed by atoms with E-state index >= 15 is 0 Å². The van der Waals surface area contributed by atoms with Crippen molar-refractivity contribution in [2.45, 2.75) is 44.6 Å². The Bertz CT molecular complexity index is 624. The molecule has 5 heteroatoms. The van der Waals surface area contributed by atoms with Gasteiger partial charge in [0.15, 0.2) is 0 Å². The molecule has 2 aromatic rings. The van der Waals surface area contributed by atoms with Gasteiger partial charge in [0.2, 0.25) is 11.7 Å². The summed E-state index contributed by atoms with van der Waals surface area (Å²) in [6.07, 6.45) is 4.24. The van der Waals surface area contributed by atoms with Gasteiger partial charge >= 0.3 is 0 Å². The summed E-state index contributed by atoms with van der Waals surface area (Å²) in [6.45, 7) is 2.00. The first-order valence-electron chi connectivity index (χ1n) is 7.41. The van der Waals surface area contributed by atoms with Gasteiger partial charge in [-0.1, -0.05) is 11.6 Å². The average molecular weight is 287 g/mol. The fourth-order valence-corrected chi connectivity index (χ4v) is 2.99. The number of ether oxygens (including phenoxy) is 1. The molecule has 0 radical (unpaired) electrons. The molecule has 1 aromatic heterocycles. The fraction of sp³-hybridized carbons (Fsp3) is 0.500. The topological polar surface area (TPSA) is 74.2 Å². The van der Waals surface area contributed by atoms with Crippen molar-refractivity contribution in [3.63, 3.8) is 0 Å². The van der Waals surface area contributed by atoms with Gasteiger partial charge in [0, 0.05) is 17.5 Å². The van der Waals surface area contributed by atoms with E-state index in [1.54, 1.807) is 7.11 Å². The maximum Gasteiger partial charge on any atom is 0.230 e. The molecule has 0 spiro atoms. The number of hydrogen-bond acceptors (Lipinski definition) is 5. The molecular formula is C16H21N3O2. The Labute approximate surface area is 124 Å². The molecule has 1 aromatic carbocycles. The molecule has 0 saturated heterocycles. The third-order valence-electron chi connectivity index (χ3n) is 4.16. The number of nitrogens with zero attached hydrogens (tertiary/aromatic N) is 2. The minimum atomic E-state index is 0.252. The van der Waals surface area contributed by atoms with Gasteiger partial charge in [-0.05, 0) is 49.9 Å². The van der Waals surface area contributed by atoms with Crippen LogP contribution < -0.4 is 10.5 Å². The van der Waals surface area contributed by atoms with Crippen molar-refractivity contribution in [2.75, 3.05) is 7.11 Å². The van der Waals surface area contributed by atoms with Gasteiger partial charge in [-0.25, -0.2) is 0 Å². The van der Waals surface area contributed by atoms with E-state index in [-0.39, 0.29) is 6.04 Å². The zero-order valence-corrected chi connectivity index (χ0v) is 12.5. The Morgan fingerprint density at radius 1 is 1.33 bits per heavy atom. The van der Waals surface area contributed by atoms with E-state index in [1.807, 2.05) is 25.1 Å². The molecule has 2 unspecified atom stereocenters. The van der Waals surface area contributed by atoms with Crippen molar-refractivity contribution < 1.29 is 9.26 Å². The molecule has 2 N–H and O–H groups in total. The molecule has 0 aliphatic heterocycles. The van der Waals surface area contributed by atoms with Crippen LogP contribution in [0, 0.1) is 6.92 Å². The van der Waals surface area contributed by atoms with Crippen molar-refractivity contribution >= 4 is 0 Å². The van der Waals surface area contributed by atoms with Crippen molar-refractivity contribution in [3.05, 3.63) is 29.7 Å². The summed E-state index contributed by atoms with van der Waals surface area (Å²) in [7, 11) is 1.67. The molecule has 1 aliphatic carbocycles. The first-order chi connectivity index (χ1) is 10.2. The van der Waals surface area contributed by atoms with Gasteiger partial charge in [0.1, 0.15) is 5.75 Å². The van der Waals surface area contributed by atoms with Crippen LogP contribution in [-0.4, -0.2) is 23.3 Å². The molecule has 1 fully saturated rings. The average Bonchev–Trinajstić information content (AvgIpc) is 2.97. The maximum atomic E-state index is 6.03. The second-order valence-electron chi connectivity index (χ2n) is 5.76. The third-order valence-corrected chi connectivity index (χ3v) is 4.16. The fourth-order valence-electron chi connectivity index (χ4n) is 2.99. The Balaban J connectivity index is 1.82. The van der Waals surface area contributed by atoms with Crippen LogP contribution in [0.3, 0.4) is 0 Å². The molecule has 2 atom stereocenters. The predicted octanol–water partition coefficient (Wildman–Crippen LogP) is 3.04. The molecule has 0 bridgehead atoms. The smallest absolute Gasteiger partial charge is 0.230 e. The van der Waals surface area contributed by atoms with E-state index in [0.29, 0.717) is 17.6 Å². The minimum absolute atomic E-state index is 0.252. The van der Waals surface area contributed by atoms with E-state index in [9.17, 15) is 0 Å². The quantitative estimate of drug-likeness (QED) is 0.939. The van der Waals surface area contributed by atoms with Crippen LogP contribution in [0.15, 0.2) is 22.7 Å². The van der Waals surface area contributed by atoms with Crippen molar-refractivity contribution in [3.8, 4) is 17.1 Å². The zero-order valence-electron chi connectivity index (χ0n) is 12.5. The first kappa shape index (κ1) is 14.1. The number of aromatic nitrogens is 2. The molecule has 0 amide bonds. The Kier molecular flexibility index (Phi) is 3.92. The normalized spacial score (nSPS) is 22.2. The number of hydrogen-bond donors (Lipinski definition) is 1. The highest BCUT2D eigenvalue weighted by Gasteiger charge is 2.25. The molecule has 1 aliphatic rings. The van der Waals surface area contributed by atoms with Crippen LogP contribution in [0.25, 0.3) is 11.4 Å². The van der Waals surface area contributed by atoms with Gasteiger partial charge in [0.05, 0.1) is 7.11 Å². The number of rotatable bonds is 3. The third kappa shape index (κ3) is 2.93. The SMILES string of the molecule is COc1ccc(-c2noc(C3CCCC(N)C3)n2)cc1C. The van der Waals surface area contributed by atoms with Crippen LogP contribution in [0.1, 0.15) is 43.1 Å². The Morgan fingerprint density at radius 2 is 2.19 bits per heavy atom. The molecule has 3 rings (SSSR count). The molecule has 5 nitrogen and oxygen atoms in total. The van der Waals surface area contributed by atoms with Crippen LogP contribution >= 0.6 is 0 Å². The van der Waals surface area contributed by atoms with Crippen molar-refractivity contribution in [1.82, 2.24) is 10.1 Å². The molecule has 1 saturated carbocycles. The number of aryl methyl sites for hydroxylation is 1. The highest BCUT2D eigenvalue weighted by Crippen LogP contribution is 2.32. The predicted molar refractivity (Wildman–Crippen MR) is 80.2 cm³/mol. The van der Waals surface area contributed by atoms with E-state index in [1.165, 1.54) is 0 Å². The van der Waals surface area contributed by atoms with E-state index in [2.05, 4.69) is 10.1 Å². The number of methoxy groups -OCH3 is 1. The van der Waals surface area contributed by atoms with Gasteiger partial charge in [0.25, 0.3) is 0 Å². The lowest BCUT2D eigenvalue weighted by Crippen LogP contribution is -2.26. The summed E-state index contributed by atoms with van der Waals surface area (Å²) in [5, 5.41) is 4.12. The van der Waals surface area contributed by atoms with E-state index in [4.69, 9.17) is 15.0 Å². The monoisotopic (exact) mass is 287 g/mol. The first-order valence-corrected chi connectivity index (χ1v) is 7.41. The van der Waals surface area contributed by atoms with Crippen LogP contribution in [-0.2, 0) is 0 Å². The van der Waals surface area contributed by atoms with Gasteiger partial charge in [-0.3, -0.25) is 0 Å². The van der Waals surface area contributed by atoms with E-state index < -0.39 is 0 Å². The maximum absolute atomic E-state index is 6.03. The standard InChI is InChI=1S/C16H21N3O2/c1-10-8-11(6-7-14(10)20-2)15-18-16(21-19-15)12-4-3-5-13(17)9-12/h6-8,12-13H,3-5,9,17H2,1-2H3. The summed E-state index contributed by atoms with van der Waals surface area (Å²) in [6, 6.07) is 6.15. The Morgan fingerprint density at radius 3 is 2.90 bits per heavy atom. The van der Waals surface area contributed by atoms with Gasteiger partial charge in [-0.2, -0.15) is 4.98 Å². The molecule has 21 heavy (non-hydrogen) atoms. The molecular weight excluding hydrogens is 266 g/mol. The summed E-state index contributed by atoms with van der Waals surface area (Å²) < 4.78 is 10.7. The second kappa shape index (κ2) is 5.85. The molecule has 1 heterocycles. The lowest BCUT2D eigenvalue weighted by Gasteiger charge is -2.23. The second-order valence-corrected chi connectivity index (χ2v) is 5.76. The highest BCUT2D eigenvalue weighted by atomic mass is 16.5. The molecule has 112 valence electrons. The summed E-state index contributed by atoms with van der Waals surface area (Å²) in [4.78, 5) is 4.56. The van der Waals surface area contributed by atoms with Crippen LogP contribution in [0.4, 0.5) is 0 Å². The lowest BCUT2D eigenvalue weighted by molar-refractivity contribution is 0.299. The Hall–Kier alpha value is -1.88. The number of benzene rings is 1. The van der Waals surface area contributed by atoms with Crippen LogP contribution in [0.2, 0.25) is 0 Å². The van der Waals surface area contributed by atoms with Crippen LogP contribution in [0.5, 0.6) is 5.75 Å². The van der Waals surface area contributed by atoms with E-state index in [0.717, 1.165) is 42.6 Å². The summed E-state index contributed by atoms with van der Waals surface area (Å²) in [5.74, 6) is 2.51. The van der Waals surface area contributed by atoms with Gasteiger partial charge < -0.3 is 15.0 Å². The van der Waals surface area contributed by atoms with Crippen molar-refractivity contribution in [2.24, 2.45) is 5.73 Å². The lowest BCUT2D eigenvalue weighted by atomic mass is 9.86. The van der Waals surface area contributed by atoms with Gasteiger partial charge in [-0.15, -0.1) is 0 Å². The summed E-state index contributed by atoms with van der Waals surface area (Å²) in [5.41, 5.74) is 8.03. The highest BCUT2D eigenvalue weighted by molar-refractivity contribution is 5.58. The zero-order chi connectivity index (χ0) is 14.8. The largest absolute Gasteiger partial charge is 0.496 e. The number of nitrogens with two attached hydrogens (primary N) is 1. The summed E-state index contributed by atoms with van der Waals surface area (Å²) >= 11 is 0.